The smallest absolute Gasteiger partial charge is 0.335 e. The van der Waals surface area contributed by atoms with Crippen LogP contribution in [0.1, 0.15) is 27.9 Å². The molecule has 0 unspecified atom stereocenters. The van der Waals surface area contributed by atoms with E-state index in [1.54, 1.807) is 6.92 Å². The Kier molecular flexibility index (Phi) is 3.80. The highest BCUT2D eigenvalue weighted by Gasteiger charge is 2.11. The van der Waals surface area contributed by atoms with Crippen LogP contribution in [-0.2, 0) is 6.42 Å². The van der Waals surface area contributed by atoms with Crippen molar-refractivity contribution < 1.29 is 14.3 Å². The third-order valence-electron chi connectivity index (χ3n) is 2.27. The Morgan fingerprint density at radius 3 is 2.73 bits per heavy atom. The van der Waals surface area contributed by atoms with Crippen molar-refractivity contribution in [1.82, 2.24) is 0 Å². The summed E-state index contributed by atoms with van der Waals surface area (Å²) in [7, 11) is 0. The third kappa shape index (κ3) is 2.76. The summed E-state index contributed by atoms with van der Waals surface area (Å²) < 4.78 is 13.4. The Morgan fingerprint density at radius 2 is 2.20 bits per heavy atom. The SMILES string of the molecule is Cc1cc(F)c(CCCN)cc1C(=O)O. The standard InChI is InChI=1S/C11H14FNO2/c1-7-5-10(12)8(3-2-4-13)6-9(7)11(14)15/h5-6H,2-4,13H2,1H3,(H,14,15). The van der Waals surface area contributed by atoms with E-state index in [1.807, 2.05) is 0 Å². The normalized spacial score (nSPS) is 10.3. The first-order valence-electron chi connectivity index (χ1n) is 4.78. The molecule has 0 fully saturated rings. The van der Waals surface area contributed by atoms with Gasteiger partial charge in [-0.3, -0.25) is 0 Å². The number of hydrogen-bond donors (Lipinski definition) is 2. The van der Waals surface area contributed by atoms with Crippen LogP contribution in [0.2, 0.25) is 0 Å². The molecule has 1 aromatic carbocycles. The first-order valence-corrected chi connectivity index (χ1v) is 4.78. The molecule has 0 aliphatic rings. The molecule has 3 N–H and O–H groups in total. The summed E-state index contributed by atoms with van der Waals surface area (Å²) in [5.41, 5.74) is 6.33. The summed E-state index contributed by atoms with van der Waals surface area (Å²) >= 11 is 0. The summed E-state index contributed by atoms with van der Waals surface area (Å²) in [5.74, 6) is -1.38. The lowest BCUT2D eigenvalue weighted by molar-refractivity contribution is 0.0696. The van der Waals surface area contributed by atoms with Gasteiger partial charge in [0.2, 0.25) is 0 Å². The van der Waals surface area contributed by atoms with Crippen LogP contribution in [0, 0.1) is 12.7 Å². The first-order chi connectivity index (χ1) is 7.06. The van der Waals surface area contributed by atoms with Gasteiger partial charge in [0, 0.05) is 0 Å². The fourth-order valence-electron chi connectivity index (χ4n) is 1.43. The van der Waals surface area contributed by atoms with Crippen LogP contribution in [0.4, 0.5) is 4.39 Å². The van der Waals surface area contributed by atoms with E-state index in [0.29, 0.717) is 30.5 Å². The van der Waals surface area contributed by atoms with Gasteiger partial charge in [0.15, 0.2) is 0 Å². The van der Waals surface area contributed by atoms with E-state index < -0.39 is 5.97 Å². The van der Waals surface area contributed by atoms with Crippen molar-refractivity contribution in [3.63, 3.8) is 0 Å². The second kappa shape index (κ2) is 4.89. The summed E-state index contributed by atoms with van der Waals surface area (Å²) in [6.07, 6.45) is 1.13. The molecule has 3 nitrogen and oxygen atoms in total. The molecule has 0 aromatic heterocycles. The van der Waals surface area contributed by atoms with E-state index in [4.69, 9.17) is 10.8 Å². The Balaban J connectivity index is 3.06. The van der Waals surface area contributed by atoms with Crippen LogP contribution in [0.25, 0.3) is 0 Å². The Labute approximate surface area is 87.7 Å². The average Bonchev–Trinajstić information content (AvgIpc) is 2.16. The van der Waals surface area contributed by atoms with Crippen LogP contribution in [0.3, 0.4) is 0 Å². The lowest BCUT2D eigenvalue weighted by Gasteiger charge is -2.06. The molecule has 0 atom stereocenters. The molecule has 0 saturated carbocycles. The van der Waals surface area contributed by atoms with E-state index in [1.165, 1.54) is 12.1 Å². The van der Waals surface area contributed by atoms with Crippen LogP contribution >= 0.6 is 0 Å². The van der Waals surface area contributed by atoms with Gasteiger partial charge in [0.05, 0.1) is 5.56 Å². The minimum atomic E-state index is -1.03. The molecule has 4 heteroatoms. The maximum Gasteiger partial charge on any atom is 0.335 e. The third-order valence-corrected chi connectivity index (χ3v) is 2.27. The number of aryl methyl sites for hydroxylation is 2. The number of carboxylic acids is 1. The van der Waals surface area contributed by atoms with E-state index >= 15 is 0 Å². The quantitative estimate of drug-likeness (QED) is 0.797. The molecule has 0 spiro atoms. The lowest BCUT2D eigenvalue weighted by Crippen LogP contribution is -2.05. The van der Waals surface area contributed by atoms with Gasteiger partial charge in [-0.1, -0.05) is 0 Å². The van der Waals surface area contributed by atoms with Crippen molar-refractivity contribution in [2.75, 3.05) is 6.54 Å². The Hall–Kier alpha value is -1.42. The second-order valence-electron chi connectivity index (χ2n) is 3.46. The number of nitrogens with two attached hydrogens (primary N) is 1. The molecule has 0 bridgehead atoms. The molecule has 0 aliphatic heterocycles. The molecule has 15 heavy (non-hydrogen) atoms. The summed E-state index contributed by atoms with van der Waals surface area (Å²) in [4.78, 5) is 10.8. The highest BCUT2D eigenvalue weighted by Crippen LogP contribution is 2.16. The second-order valence-corrected chi connectivity index (χ2v) is 3.46. The minimum absolute atomic E-state index is 0.156. The fourth-order valence-corrected chi connectivity index (χ4v) is 1.43. The summed E-state index contributed by atoms with van der Waals surface area (Å²) in [5, 5.41) is 8.86. The van der Waals surface area contributed by atoms with Gasteiger partial charge in [0.25, 0.3) is 0 Å². The summed E-state index contributed by atoms with van der Waals surface area (Å²) in [6, 6.07) is 2.65. The monoisotopic (exact) mass is 211 g/mol. The maximum atomic E-state index is 13.4. The molecular weight excluding hydrogens is 197 g/mol. The topological polar surface area (TPSA) is 63.3 Å². The number of benzene rings is 1. The fraction of sp³-hybridized carbons (Fsp3) is 0.364. The van der Waals surface area contributed by atoms with Crippen LogP contribution in [-0.4, -0.2) is 17.6 Å². The number of rotatable bonds is 4. The zero-order chi connectivity index (χ0) is 11.4. The molecule has 1 aromatic rings. The summed E-state index contributed by atoms with van der Waals surface area (Å²) in [6.45, 7) is 2.05. The van der Waals surface area contributed by atoms with Crippen LogP contribution < -0.4 is 5.73 Å². The van der Waals surface area contributed by atoms with Gasteiger partial charge >= 0.3 is 5.97 Å². The first kappa shape index (κ1) is 11.7. The molecule has 1 rings (SSSR count). The largest absolute Gasteiger partial charge is 0.478 e. The molecule has 0 saturated heterocycles. The number of carboxylic acid groups (broad SMARTS) is 1. The van der Waals surface area contributed by atoms with Crippen molar-refractivity contribution in [1.29, 1.82) is 0 Å². The lowest BCUT2D eigenvalue weighted by atomic mass is 10.0. The molecule has 0 radical (unpaired) electrons. The van der Waals surface area contributed by atoms with E-state index in [-0.39, 0.29) is 11.4 Å². The predicted molar refractivity (Wildman–Crippen MR) is 55.5 cm³/mol. The van der Waals surface area contributed by atoms with Gasteiger partial charge in [-0.2, -0.15) is 0 Å². The van der Waals surface area contributed by atoms with Crippen LogP contribution in [0.15, 0.2) is 12.1 Å². The van der Waals surface area contributed by atoms with Crippen molar-refractivity contribution in [2.45, 2.75) is 19.8 Å². The highest BCUT2D eigenvalue weighted by atomic mass is 19.1. The molecule has 0 aliphatic carbocycles. The van der Waals surface area contributed by atoms with Crippen molar-refractivity contribution in [3.05, 3.63) is 34.6 Å². The molecule has 0 amide bonds. The van der Waals surface area contributed by atoms with E-state index in [9.17, 15) is 9.18 Å². The molecule has 0 heterocycles. The van der Waals surface area contributed by atoms with Gasteiger partial charge < -0.3 is 10.8 Å². The number of halogens is 1. The van der Waals surface area contributed by atoms with Gasteiger partial charge in [-0.25, -0.2) is 9.18 Å². The van der Waals surface area contributed by atoms with Gasteiger partial charge in [0.1, 0.15) is 5.82 Å². The molecular formula is C11H14FNO2. The Morgan fingerprint density at radius 1 is 1.53 bits per heavy atom. The van der Waals surface area contributed by atoms with Crippen molar-refractivity contribution >= 4 is 5.97 Å². The Bertz CT molecular complexity index is 377. The van der Waals surface area contributed by atoms with Gasteiger partial charge in [-0.05, 0) is 49.6 Å². The van der Waals surface area contributed by atoms with Crippen LogP contribution in [0.5, 0.6) is 0 Å². The zero-order valence-electron chi connectivity index (χ0n) is 8.59. The molecule has 82 valence electrons. The van der Waals surface area contributed by atoms with Crippen molar-refractivity contribution in [2.24, 2.45) is 5.73 Å². The maximum absolute atomic E-state index is 13.4. The highest BCUT2D eigenvalue weighted by molar-refractivity contribution is 5.89. The van der Waals surface area contributed by atoms with E-state index in [0.717, 1.165) is 0 Å². The minimum Gasteiger partial charge on any atom is -0.478 e. The zero-order valence-corrected chi connectivity index (χ0v) is 8.59. The van der Waals surface area contributed by atoms with Crippen molar-refractivity contribution in [3.8, 4) is 0 Å². The number of hydrogen-bond acceptors (Lipinski definition) is 2. The number of aromatic carboxylic acids is 1. The average molecular weight is 211 g/mol. The predicted octanol–water partition coefficient (Wildman–Crippen LogP) is 1.72. The van der Waals surface area contributed by atoms with Gasteiger partial charge in [-0.15, -0.1) is 0 Å². The number of carbonyl (C=O) groups is 1. The van der Waals surface area contributed by atoms with E-state index in [2.05, 4.69) is 0 Å².